The van der Waals surface area contributed by atoms with Crippen LogP contribution in [0.5, 0.6) is 0 Å². The summed E-state index contributed by atoms with van der Waals surface area (Å²) < 4.78 is 0. The summed E-state index contributed by atoms with van der Waals surface area (Å²) in [5, 5.41) is 3.45. The first kappa shape index (κ1) is 15.2. The van der Waals surface area contributed by atoms with Crippen LogP contribution < -0.4 is 10.9 Å². The minimum Gasteiger partial charge on any atom is -0.310 e. The summed E-state index contributed by atoms with van der Waals surface area (Å²) in [4.78, 5) is 19.0. The molecule has 0 saturated carbocycles. The Morgan fingerprint density at radius 2 is 2.06 bits per heavy atom. The van der Waals surface area contributed by atoms with Gasteiger partial charge < -0.3 is 10.3 Å². The van der Waals surface area contributed by atoms with Gasteiger partial charge in [-0.3, -0.25) is 4.79 Å². The van der Waals surface area contributed by atoms with Gasteiger partial charge in [-0.1, -0.05) is 6.92 Å². The van der Waals surface area contributed by atoms with Gasteiger partial charge in [0.05, 0.1) is 5.56 Å². The van der Waals surface area contributed by atoms with Crippen molar-refractivity contribution in [3.05, 3.63) is 27.4 Å². The summed E-state index contributed by atoms with van der Waals surface area (Å²) in [6, 6.07) is 0.402. The van der Waals surface area contributed by atoms with Gasteiger partial charge >= 0.3 is 0 Å². The summed E-state index contributed by atoms with van der Waals surface area (Å²) in [5.74, 6) is 2.84. The number of hydrogen-bond donors (Lipinski definition) is 2. The van der Waals surface area contributed by atoms with Crippen molar-refractivity contribution in [3.63, 3.8) is 0 Å². The van der Waals surface area contributed by atoms with E-state index < -0.39 is 0 Å². The molecule has 4 nitrogen and oxygen atoms in total. The summed E-state index contributed by atoms with van der Waals surface area (Å²) >= 11 is 1.90. The van der Waals surface area contributed by atoms with Gasteiger partial charge in [0.2, 0.25) is 0 Å². The van der Waals surface area contributed by atoms with Gasteiger partial charge in [-0.15, -0.1) is 0 Å². The fourth-order valence-corrected chi connectivity index (χ4v) is 2.78. The average Bonchev–Trinajstić information content (AvgIpc) is 2.24. The predicted octanol–water partition coefficient (Wildman–Crippen LogP) is 2.18. The van der Waals surface area contributed by atoms with Gasteiger partial charge in [0.25, 0.3) is 5.56 Å². The van der Waals surface area contributed by atoms with Crippen molar-refractivity contribution < 1.29 is 0 Å². The van der Waals surface area contributed by atoms with Crippen LogP contribution in [0.25, 0.3) is 0 Å². The van der Waals surface area contributed by atoms with E-state index in [1.807, 2.05) is 25.6 Å². The van der Waals surface area contributed by atoms with E-state index in [1.54, 1.807) is 6.92 Å². The topological polar surface area (TPSA) is 57.8 Å². The molecule has 5 heteroatoms. The van der Waals surface area contributed by atoms with Crippen LogP contribution in [-0.2, 0) is 0 Å². The molecule has 0 aliphatic heterocycles. The summed E-state index contributed by atoms with van der Waals surface area (Å²) in [7, 11) is 0. The Kier molecular flexibility index (Phi) is 5.88. The van der Waals surface area contributed by atoms with Crippen molar-refractivity contribution >= 4 is 11.8 Å². The predicted molar refractivity (Wildman–Crippen MR) is 78.3 cm³/mol. The van der Waals surface area contributed by atoms with Crippen LogP contribution in [0.3, 0.4) is 0 Å². The third-order valence-corrected chi connectivity index (χ3v) is 3.95. The molecule has 0 spiro atoms. The molecule has 2 N–H and O–H groups in total. The largest absolute Gasteiger partial charge is 0.310 e. The van der Waals surface area contributed by atoms with Crippen LogP contribution >= 0.6 is 11.8 Å². The summed E-state index contributed by atoms with van der Waals surface area (Å²) in [5.41, 5.74) is 1.52. The van der Waals surface area contributed by atoms with Crippen LogP contribution in [0.2, 0.25) is 0 Å². The standard InChI is InChI=1S/C13H23N3OS/c1-6-18-7-8(2)14-9(3)12-10(4)15-11(5)16-13(12)17/h8-9,14H,6-7H2,1-5H3,(H,15,16,17). The fourth-order valence-electron chi connectivity index (χ4n) is 2.10. The van der Waals surface area contributed by atoms with Gasteiger partial charge in [-0.05, 0) is 33.4 Å². The first-order valence-corrected chi connectivity index (χ1v) is 7.52. The van der Waals surface area contributed by atoms with Crippen molar-refractivity contribution in [1.29, 1.82) is 0 Å². The second kappa shape index (κ2) is 6.95. The number of aromatic nitrogens is 2. The van der Waals surface area contributed by atoms with Crippen molar-refractivity contribution in [2.24, 2.45) is 0 Å². The van der Waals surface area contributed by atoms with Crippen LogP contribution in [0.1, 0.15) is 43.9 Å². The van der Waals surface area contributed by atoms with Crippen molar-refractivity contribution in [2.45, 2.75) is 46.7 Å². The average molecular weight is 269 g/mol. The molecule has 18 heavy (non-hydrogen) atoms. The van der Waals surface area contributed by atoms with E-state index in [0.717, 1.165) is 22.8 Å². The number of rotatable bonds is 6. The molecule has 0 aliphatic rings. The lowest BCUT2D eigenvalue weighted by atomic mass is 10.1. The highest BCUT2D eigenvalue weighted by Gasteiger charge is 2.16. The Bertz CT molecular complexity index is 444. The van der Waals surface area contributed by atoms with E-state index in [2.05, 4.69) is 29.1 Å². The number of thioether (sulfide) groups is 1. The number of aromatic amines is 1. The maximum Gasteiger partial charge on any atom is 0.255 e. The minimum absolute atomic E-state index is 0.0225. The monoisotopic (exact) mass is 269 g/mol. The van der Waals surface area contributed by atoms with Crippen LogP contribution in [0, 0.1) is 13.8 Å². The molecule has 1 aromatic rings. The second-order valence-corrected chi connectivity index (χ2v) is 5.92. The maximum absolute atomic E-state index is 12.0. The zero-order chi connectivity index (χ0) is 13.7. The van der Waals surface area contributed by atoms with Gasteiger partial charge in [0.1, 0.15) is 5.82 Å². The smallest absolute Gasteiger partial charge is 0.255 e. The van der Waals surface area contributed by atoms with Crippen LogP contribution in [-0.4, -0.2) is 27.5 Å². The quantitative estimate of drug-likeness (QED) is 0.831. The normalized spacial score (nSPS) is 14.5. The number of nitrogens with one attached hydrogen (secondary N) is 2. The third kappa shape index (κ3) is 4.14. The van der Waals surface area contributed by atoms with E-state index >= 15 is 0 Å². The molecule has 102 valence electrons. The summed E-state index contributed by atoms with van der Waals surface area (Å²) in [6.45, 7) is 10.0. The lowest BCUT2D eigenvalue weighted by molar-refractivity contribution is 0.503. The lowest BCUT2D eigenvalue weighted by Gasteiger charge is -2.20. The van der Waals surface area contributed by atoms with Crippen molar-refractivity contribution in [1.82, 2.24) is 15.3 Å². The van der Waals surface area contributed by atoms with E-state index in [0.29, 0.717) is 11.9 Å². The highest BCUT2D eigenvalue weighted by molar-refractivity contribution is 7.99. The Morgan fingerprint density at radius 3 is 2.61 bits per heavy atom. The molecule has 0 saturated heterocycles. The molecule has 0 fully saturated rings. The molecule has 1 heterocycles. The maximum atomic E-state index is 12.0. The molecule has 0 radical (unpaired) electrons. The highest BCUT2D eigenvalue weighted by atomic mass is 32.2. The molecule has 1 rings (SSSR count). The molecule has 2 atom stereocenters. The third-order valence-electron chi connectivity index (χ3n) is 2.80. The van der Waals surface area contributed by atoms with E-state index in [4.69, 9.17) is 0 Å². The first-order valence-electron chi connectivity index (χ1n) is 6.36. The zero-order valence-corrected chi connectivity index (χ0v) is 12.6. The van der Waals surface area contributed by atoms with Gasteiger partial charge in [-0.2, -0.15) is 11.8 Å². The second-order valence-electron chi connectivity index (χ2n) is 4.60. The number of aryl methyl sites for hydroxylation is 2. The van der Waals surface area contributed by atoms with Crippen molar-refractivity contribution in [2.75, 3.05) is 11.5 Å². The molecular formula is C13H23N3OS. The Hall–Kier alpha value is -0.810. The molecule has 1 aromatic heterocycles. The van der Waals surface area contributed by atoms with Crippen LogP contribution in [0.15, 0.2) is 4.79 Å². The van der Waals surface area contributed by atoms with E-state index in [1.165, 1.54) is 0 Å². The molecule has 0 aliphatic carbocycles. The molecule has 2 unspecified atom stereocenters. The SMILES string of the molecule is CCSCC(C)NC(C)c1c(C)nc(C)[nH]c1=O. The minimum atomic E-state index is -0.0321. The van der Waals surface area contributed by atoms with Gasteiger partial charge in [0, 0.05) is 23.5 Å². The first-order chi connectivity index (χ1) is 8.45. The molecule has 0 aromatic carbocycles. The highest BCUT2D eigenvalue weighted by Crippen LogP contribution is 2.13. The van der Waals surface area contributed by atoms with E-state index in [-0.39, 0.29) is 11.6 Å². The number of hydrogen-bond acceptors (Lipinski definition) is 4. The molecular weight excluding hydrogens is 246 g/mol. The fraction of sp³-hybridized carbons (Fsp3) is 0.692. The summed E-state index contributed by atoms with van der Waals surface area (Å²) in [6.07, 6.45) is 0. The van der Waals surface area contributed by atoms with E-state index in [9.17, 15) is 4.79 Å². The Morgan fingerprint density at radius 1 is 1.39 bits per heavy atom. The van der Waals surface area contributed by atoms with Gasteiger partial charge in [-0.25, -0.2) is 4.98 Å². The molecule has 0 amide bonds. The van der Waals surface area contributed by atoms with Crippen LogP contribution in [0.4, 0.5) is 0 Å². The molecule has 0 bridgehead atoms. The zero-order valence-electron chi connectivity index (χ0n) is 11.8. The lowest BCUT2D eigenvalue weighted by Crippen LogP contribution is -2.35. The Labute approximate surface area is 113 Å². The number of nitrogens with zero attached hydrogens (tertiary/aromatic N) is 1. The number of H-pyrrole nitrogens is 1. The Balaban J connectivity index is 2.78. The van der Waals surface area contributed by atoms with Gasteiger partial charge in [0.15, 0.2) is 0 Å². The van der Waals surface area contributed by atoms with Crippen molar-refractivity contribution in [3.8, 4) is 0 Å².